The van der Waals surface area contributed by atoms with Crippen LogP contribution in [0.5, 0.6) is 11.5 Å². The fourth-order valence-electron chi connectivity index (χ4n) is 3.25. The average Bonchev–Trinajstić information content (AvgIpc) is 2.86. The summed E-state index contributed by atoms with van der Waals surface area (Å²) in [6, 6.07) is 3.31. The van der Waals surface area contributed by atoms with Crippen LogP contribution in [-0.4, -0.2) is 61.3 Å². The van der Waals surface area contributed by atoms with E-state index in [-0.39, 0.29) is 55.5 Å². The van der Waals surface area contributed by atoms with Gasteiger partial charge in [-0.25, -0.2) is 9.59 Å². The molecule has 1 rings (SSSR count). The van der Waals surface area contributed by atoms with E-state index in [0.29, 0.717) is 30.2 Å². The van der Waals surface area contributed by atoms with Gasteiger partial charge in [-0.3, -0.25) is 9.59 Å². The minimum atomic E-state index is -1.12. The van der Waals surface area contributed by atoms with Gasteiger partial charge in [0, 0.05) is 6.54 Å². The van der Waals surface area contributed by atoms with Crippen molar-refractivity contribution in [2.24, 2.45) is 23.7 Å². The average molecular weight is 582 g/mol. The number of nitrogens with one attached hydrogen (secondary N) is 1. The third-order valence-corrected chi connectivity index (χ3v) is 6.30. The van der Waals surface area contributed by atoms with Crippen LogP contribution < -0.4 is 14.8 Å². The van der Waals surface area contributed by atoms with Crippen molar-refractivity contribution in [3.63, 3.8) is 0 Å². The Morgan fingerprint density at radius 1 is 0.805 bits per heavy atom. The summed E-state index contributed by atoms with van der Waals surface area (Å²) in [4.78, 5) is 48.7. The number of benzene rings is 1. The molecule has 41 heavy (non-hydrogen) atoms. The van der Waals surface area contributed by atoms with Gasteiger partial charge < -0.3 is 34.1 Å². The van der Waals surface area contributed by atoms with E-state index in [1.807, 2.05) is 41.5 Å². The van der Waals surface area contributed by atoms with Crippen LogP contribution in [0.15, 0.2) is 18.2 Å². The molecule has 11 heteroatoms. The number of carbonyl (C=O) groups excluding carboxylic acids is 3. The molecule has 0 aliphatic carbocycles. The minimum absolute atomic E-state index is 0.00370. The molecule has 232 valence electrons. The predicted octanol–water partition coefficient (Wildman–Crippen LogP) is 5.62. The lowest BCUT2D eigenvalue weighted by molar-refractivity contribution is -0.154. The van der Waals surface area contributed by atoms with Crippen molar-refractivity contribution in [1.29, 1.82) is 0 Å². The largest absolute Gasteiger partial charge is 0.513 e. The third-order valence-electron chi connectivity index (χ3n) is 6.30. The van der Waals surface area contributed by atoms with E-state index < -0.39 is 30.4 Å². The lowest BCUT2D eigenvalue weighted by Gasteiger charge is -2.21. The molecule has 0 aromatic heterocycles. The Labute approximate surface area is 243 Å². The van der Waals surface area contributed by atoms with Crippen LogP contribution in [0.1, 0.15) is 73.8 Å². The number of hydrogen-bond acceptors (Lipinski definition) is 10. The fourth-order valence-corrected chi connectivity index (χ4v) is 3.25. The summed E-state index contributed by atoms with van der Waals surface area (Å²) in [5.74, 6) is -1.18. The molecule has 0 bridgehead atoms. The Morgan fingerprint density at radius 3 is 1.83 bits per heavy atom. The number of carboxylic acid groups (broad SMARTS) is 1. The molecule has 0 aliphatic rings. The van der Waals surface area contributed by atoms with Gasteiger partial charge in [-0.2, -0.15) is 0 Å². The number of hydrogen-bond donors (Lipinski definition) is 2. The second-order valence-corrected chi connectivity index (χ2v) is 11.3. The topological polar surface area (TPSA) is 147 Å². The van der Waals surface area contributed by atoms with Crippen molar-refractivity contribution < 1.29 is 48.0 Å². The molecular formula is C30H47NO10. The third kappa shape index (κ3) is 14.7. The molecule has 0 spiro atoms. The van der Waals surface area contributed by atoms with E-state index in [4.69, 9.17) is 23.7 Å². The molecule has 3 atom stereocenters. The highest BCUT2D eigenvalue weighted by Crippen LogP contribution is 2.30. The van der Waals surface area contributed by atoms with Crippen molar-refractivity contribution in [1.82, 2.24) is 5.32 Å². The zero-order valence-electron chi connectivity index (χ0n) is 25.6. The van der Waals surface area contributed by atoms with Crippen molar-refractivity contribution in [2.75, 3.05) is 19.8 Å². The first-order valence-corrected chi connectivity index (χ1v) is 14.2. The molecule has 0 radical (unpaired) electrons. The summed E-state index contributed by atoms with van der Waals surface area (Å²) in [5.41, 5.74) is 0.480. The van der Waals surface area contributed by atoms with E-state index in [1.54, 1.807) is 19.9 Å². The van der Waals surface area contributed by atoms with Gasteiger partial charge in [-0.05, 0) is 61.6 Å². The zero-order valence-corrected chi connectivity index (χ0v) is 25.6. The van der Waals surface area contributed by atoms with Gasteiger partial charge in [0.05, 0.1) is 19.1 Å². The van der Waals surface area contributed by atoms with Crippen molar-refractivity contribution in [3.8, 4) is 11.5 Å². The highest BCUT2D eigenvalue weighted by atomic mass is 16.7. The van der Waals surface area contributed by atoms with Crippen LogP contribution in [0.3, 0.4) is 0 Å². The zero-order chi connectivity index (χ0) is 31.1. The smallest absolute Gasteiger partial charge is 0.480 e. The molecule has 11 nitrogen and oxygen atoms in total. The van der Waals surface area contributed by atoms with E-state index in [1.165, 1.54) is 12.1 Å². The van der Waals surface area contributed by atoms with Crippen molar-refractivity contribution in [2.45, 2.75) is 86.8 Å². The SMILES string of the molecule is CC(C)CCOC(=O)Oc1ccc(C[C@H](NCC(C)OC(=O)C(C)C(C)C)C(=O)O)cc1OC(=O)OCCC(C)C. The number of carbonyl (C=O) groups is 4. The fraction of sp³-hybridized carbons (Fsp3) is 0.667. The molecule has 1 aromatic rings. The first-order valence-electron chi connectivity index (χ1n) is 14.2. The molecule has 0 fully saturated rings. The number of esters is 1. The number of rotatable bonds is 17. The number of aliphatic carboxylic acids is 1. The minimum Gasteiger partial charge on any atom is -0.480 e. The predicted molar refractivity (Wildman–Crippen MR) is 152 cm³/mol. The maximum atomic E-state index is 12.3. The Hall–Kier alpha value is -3.34. The first kappa shape index (κ1) is 35.7. The van der Waals surface area contributed by atoms with Gasteiger partial charge in [0.15, 0.2) is 11.5 Å². The molecule has 0 amide bonds. The molecule has 2 N–H and O–H groups in total. The van der Waals surface area contributed by atoms with Crippen LogP contribution in [0.2, 0.25) is 0 Å². The standard InChI is InChI=1S/C30H47NO10/c1-18(2)11-13-37-29(35)40-25-10-9-23(16-26(25)41-30(36)38-14-12-19(3)4)15-24(27(32)33)31-17-21(7)39-28(34)22(8)20(5)6/h9-10,16,18-22,24,31H,11-15,17H2,1-8H3,(H,32,33)/t21?,22?,24-/m0/s1. The lowest BCUT2D eigenvalue weighted by Crippen LogP contribution is -2.43. The van der Waals surface area contributed by atoms with Gasteiger partial charge >= 0.3 is 24.2 Å². The molecular weight excluding hydrogens is 534 g/mol. The maximum Gasteiger partial charge on any atom is 0.513 e. The van der Waals surface area contributed by atoms with Crippen LogP contribution in [0, 0.1) is 23.7 Å². The van der Waals surface area contributed by atoms with Gasteiger partial charge in [0.25, 0.3) is 0 Å². The van der Waals surface area contributed by atoms with Gasteiger partial charge in [-0.1, -0.05) is 54.5 Å². The van der Waals surface area contributed by atoms with Crippen LogP contribution in [0.4, 0.5) is 9.59 Å². The summed E-state index contributed by atoms with van der Waals surface area (Å²) in [7, 11) is 0. The highest BCUT2D eigenvalue weighted by Gasteiger charge is 2.24. The van der Waals surface area contributed by atoms with E-state index in [9.17, 15) is 24.3 Å². The van der Waals surface area contributed by atoms with Crippen molar-refractivity contribution in [3.05, 3.63) is 23.8 Å². The Bertz CT molecular complexity index is 991. The Balaban J connectivity index is 2.98. The second-order valence-electron chi connectivity index (χ2n) is 11.3. The quantitative estimate of drug-likeness (QED) is 0.134. The van der Waals surface area contributed by atoms with Crippen LogP contribution >= 0.6 is 0 Å². The van der Waals surface area contributed by atoms with Gasteiger partial charge in [-0.15, -0.1) is 0 Å². The maximum absolute atomic E-state index is 12.3. The number of carboxylic acids is 1. The summed E-state index contributed by atoms with van der Waals surface area (Å²) < 4.78 is 26.2. The normalized spacial score (nSPS) is 13.4. The highest BCUT2D eigenvalue weighted by molar-refractivity contribution is 5.74. The van der Waals surface area contributed by atoms with Gasteiger partial charge in [0.2, 0.25) is 0 Å². The summed E-state index contributed by atoms with van der Waals surface area (Å²) in [6.07, 6.45) is -1.22. The van der Waals surface area contributed by atoms with E-state index in [2.05, 4.69) is 5.32 Å². The molecule has 1 aromatic carbocycles. The van der Waals surface area contributed by atoms with E-state index in [0.717, 1.165) is 0 Å². The summed E-state index contributed by atoms with van der Waals surface area (Å²) in [6.45, 7) is 15.7. The van der Waals surface area contributed by atoms with Crippen LogP contribution in [-0.2, 0) is 30.2 Å². The van der Waals surface area contributed by atoms with Gasteiger partial charge in [0.1, 0.15) is 12.1 Å². The lowest BCUT2D eigenvalue weighted by atomic mass is 9.98. The molecule has 0 aliphatic heterocycles. The Morgan fingerprint density at radius 2 is 1.34 bits per heavy atom. The van der Waals surface area contributed by atoms with Crippen LogP contribution in [0.25, 0.3) is 0 Å². The molecule has 2 unspecified atom stereocenters. The van der Waals surface area contributed by atoms with Crippen molar-refractivity contribution >= 4 is 24.2 Å². The monoisotopic (exact) mass is 581 g/mol. The Kier molecular flexibility index (Phi) is 15.8. The first-order chi connectivity index (χ1) is 19.2. The molecule has 0 saturated carbocycles. The number of ether oxygens (including phenoxy) is 5. The second kappa shape index (κ2) is 18.2. The van der Waals surface area contributed by atoms with E-state index >= 15 is 0 Å². The molecule has 0 heterocycles. The molecule has 0 saturated heterocycles. The summed E-state index contributed by atoms with van der Waals surface area (Å²) >= 11 is 0. The summed E-state index contributed by atoms with van der Waals surface area (Å²) in [5, 5.41) is 12.7.